The van der Waals surface area contributed by atoms with Crippen LogP contribution in [-0.4, -0.2) is 48.7 Å². The summed E-state index contributed by atoms with van der Waals surface area (Å²) in [6, 6.07) is 8.11. The average Bonchev–Trinajstić information content (AvgIpc) is 2.90. The summed E-state index contributed by atoms with van der Waals surface area (Å²) >= 11 is 0. The van der Waals surface area contributed by atoms with E-state index in [2.05, 4.69) is 30.3 Å². The number of fused-ring (bicyclic) bond motifs is 1. The Kier molecular flexibility index (Phi) is 8.09. The van der Waals surface area contributed by atoms with Gasteiger partial charge in [0.05, 0.1) is 28.8 Å². The lowest BCUT2D eigenvalue weighted by molar-refractivity contribution is 0.254. The Hall–Kier alpha value is -3.84. The third-order valence-corrected chi connectivity index (χ3v) is 7.94. The van der Waals surface area contributed by atoms with E-state index in [9.17, 15) is 21.6 Å². The Morgan fingerprint density at radius 1 is 1.02 bits per heavy atom. The second-order valence-electron chi connectivity index (χ2n) is 10.3. The van der Waals surface area contributed by atoms with Crippen LogP contribution in [0.4, 0.5) is 29.2 Å². The van der Waals surface area contributed by atoms with Crippen molar-refractivity contribution >= 4 is 32.7 Å². The van der Waals surface area contributed by atoms with E-state index in [4.69, 9.17) is 0 Å². The molecule has 4 aromatic rings. The molecule has 0 saturated carbocycles. The quantitative estimate of drug-likeness (QED) is 0.240. The van der Waals surface area contributed by atoms with Crippen molar-refractivity contribution < 1.29 is 26.0 Å². The highest BCUT2D eigenvalue weighted by atomic mass is 32.2. The van der Waals surface area contributed by atoms with E-state index >= 15 is 4.39 Å². The summed E-state index contributed by atoms with van der Waals surface area (Å²) in [5, 5.41) is 6.20. The van der Waals surface area contributed by atoms with Gasteiger partial charge in [-0.3, -0.25) is 4.72 Å². The fraction of sp³-hybridized carbons (Fsp3) is 0.321. The molecule has 1 fully saturated rings. The maximum Gasteiger partial charge on any atom is 0.237 e. The number of nitrogens with zero attached hydrogens (tertiary/aromatic N) is 3. The number of nitrogens with one attached hydrogen (secondary N) is 3. The lowest BCUT2D eigenvalue weighted by Gasteiger charge is -2.26. The van der Waals surface area contributed by atoms with Gasteiger partial charge in [-0.05, 0) is 35.7 Å². The predicted octanol–water partition coefficient (Wildman–Crippen LogP) is 5.29. The Morgan fingerprint density at radius 2 is 1.83 bits per heavy atom. The number of benzene rings is 2. The van der Waals surface area contributed by atoms with Gasteiger partial charge >= 0.3 is 0 Å². The van der Waals surface area contributed by atoms with Crippen molar-refractivity contribution in [1.82, 2.24) is 20.3 Å². The molecule has 3 N–H and O–H groups in total. The van der Waals surface area contributed by atoms with Gasteiger partial charge in [0.1, 0.15) is 29.1 Å². The van der Waals surface area contributed by atoms with Crippen molar-refractivity contribution in [3.8, 4) is 11.3 Å². The van der Waals surface area contributed by atoms with Crippen LogP contribution in [0.15, 0.2) is 48.7 Å². The molecule has 0 amide bonds. The highest BCUT2D eigenvalue weighted by Gasteiger charge is 2.23. The van der Waals surface area contributed by atoms with Gasteiger partial charge in [-0.1, -0.05) is 26.0 Å². The molecule has 5 rings (SSSR count). The molecule has 0 unspecified atom stereocenters. The van der Waals surface area contributed by atoms with Crippen LogP contribution in [-0.2, 0) is 15.8 Å². The lowest BCUT2D eigenvalue weighted by atomic mass is 9.99. The van der Waals surface area contributed by atoms with Crippen LogP contribution in [0.3, 0.4) is 0 Å². The summed E-state index contributed by atoms with van der Waals surface area (Å²) < 4.78 is 83.2. The summed E-state index contributed by atoms with van der Waals surface area (Å²) in [5.74, 6) is -3.12. The zero-order chi connectivity index (χ0) is 29.3. The number of anilines is 2. The molecule has 1 aliphatic heterocycles. The molecule has 2 aromatic heterocycles. The van der Waals surface area contributed by atoms with Gasteiger partial charge in [0.25, 0.3) is 0 Å². The first-order chi connectivity index (χ1) is 19.5. The maximum absolute atomic E-state index is 15.1. The van der Waals surface area contributed by atoms with Gasteiger partial charge in [-0.15, -0.1) is 0 Å². The number of hydrogen-bond donors (Lipinski definition) is 3. The van der Waals surface area contributed by atoms with Crippen LogP contribution in [0.2, 0.25) is 0 Å². The minimum Gasteiger partial charge on any atom is -0.350 e. The van der Waals surface area contributed by atoms with Gasteiger partial charge in [0.2, 0.25) is 16.0 Å². The predicted molar refractivity (Wildman–Crippen MR) is 149 cm³/mol. The smallest absolute Gasteiger partial charge is 0.237 e. The summed E-state index contributed by atoms with van der Waals surface area (Å²) in [5.41, 5.74) is 2.18. The summed E-state index contributed by atoms with van der Waals surface area (Å²) in [6.45, 7) is 4.88. The molecule has 1 saturated heterocycles. The Morgan fingerprint density at radius 3 is 2.54 bits per heavy atom. The molecule has 3 heterocycles. The molecule has 1 aliphatic rings. The fourth-order valence-electron chi connectivity index (χ4n) is 4.69. The average molecular weight is 589 g/mol. The molecular formula is C28H28F4N6O2S. The van der Waals surface area contributed by atoms with Gasteiger partial charge < -0.3 is 10.6 Å². The van der Waals surface area contributed by atoms with E-state index in [0.717, 1.165) is 23.8 Å². The number of alkyl halides is 1. The number of halogens is 4. The Bertz CT molecular complexity index is 1700. The number of piperidine rings is 1. The number of sulfonamides is 1. The molecule has 41 heavy (non-hydrogen) atoms. The molecule has 2 aromatic carbocycles. The highest BCUT2D eigenvalue weighted by Crippen LogP contribution is 2.31. The number of rotatable bonds is 8. The van der Waals surface area contributed by atoms with E-state index in [-0.39, 0.29) is 23.2 Å². The first-order valence-corrected chi connectivity index (χ1v) is 14.7. The first-order valence-electron chi connectivity index (χ1n) is 13.0. The topological polar surface area (TPSA) is 109 Å². The van der Waals surface area contributed by atoms with Gasteiger partial charge in [0, 0.05) is 42.7 Å². The van der Waals surface area contributed by atoms with Gasteiger partial charge in [0.15, 0.2) is 0 Å². The zero-order valence-corrected chi connectivity index (χ0v) is 23.1. The molecule has 13 heteroatoms. The minimum absolute atomic E-state index is 0.0244. The number of pyridine rings is 1. The molecule has 2 atom stereocenters. The van der Waals surface area contributed by atoms with Crippen LogP contribution in [0.5, 0.6) is 0 Å². The first kappa shape index (κ1) is 28.7. The molecule has 0 radical (unpaired) electrons. The van der Waals surface area contributed by atoms with Gasteiger partial charge in [-0.2, -0.15) is 0 Å². The molecule has 0 bridgehead atoms. The van der Waals surface area contributed by atoms with E-state index in [1.165, 1.54) is 12.1 Å². The largest absolute Gasteiger partial charge is 0.350 e. The minimum atomic E-state index is -4.20. The van der Waals surface area contributed by atoms with Crippen LogP contribution in [0.1, 0.15) is 37.3 Å². The van der Waals surface area contributed by atoms with Crippen molar-refractivity contribution in [1.29, 1.82) is 0 Å². The van der Waals surface area contributed by atoms with Crippen molar-refractivity contribution in [3.05, 3.63) is 77.2 Å². The number of hydrogen-bond acceptors (Lipinski definition) is 7. The maximum atomic E-state index is 15.1. The van der Waals surface area contributed by atoms with Crippen LogP contribution >= 0.6 is 0 Å². The van der Waals surface area contributed by atoms with E-state index < -0.39 is 39.4 Å². The molecule has 0 spiro atoms. The summed E-state index contributed by atoms with van der Waals surface area (Å²) in [6.07, 6.45) is 0.956. The molecular weight excluding hydrogens is 560 g/mol. The second-order valence-corrected chi connectivity index (χ2v) is 12.0. The Labute approximate surface area is 234 Å². The zero-order valence-electron chi connectivity index (χ0n) is 22.3. The molecule has 8 nitrogen and oxygen atoms in total. The molecule has 216 valence electrons. The summed E-state index contributed by atoms with van der Waals surface area (Å²) in [4.78, 5) is 13.6. The third kappa shape index (κ3) is 6.73. The highest BCUT2D eigenvalue weighted by molar-refractivity contribution is 7.91. The third-order valence-electron chi connectivity index (χ3n) is 6.72. The summed E-state index contributed by atoms with van der Waals surface area (Å²) in [7, 11) is -4.20. The van der Waals surface area contributed by atoms with Crippen LogP contribution in [0.25, 0.3) is 22.3 Å². The standard InChI is InChI=1S/C28H28F4N6O2S/c1-15(2)21-10-25(36-26-13-34-28(37-27(21)26)35-20-8-19(30)11-33-12-20)16-4-6-24(23(32)7-16)38-41(39,40)14-17-3-5-18(29)9-22(17)31/h3-7,9-10,13,15,19-20,33,38H,8,11-12,14H2,1-2H3,(H,34,35,37)/t19-,20-/m0/s1. The van der Waals surface area contributed by atoms with Gasteiger partial charge in [-0.25, -0.2) is 40.9 Å². The van der Waals surface area contributed by atoms with Crippen LogP contribution < -0.4 is 15.4 Å². The molecule has 0 aliphatic carbocycles. The van der Waals surface area contributed by atoms with Crippen molar-refractivity contribution in [3.63, 3.8) is 0 Å². The lowest BCUT2D eigenvalue weighted by Crippen LogP contribution is -2.44. The van der Waals surface area contributed by atoms with E-state index in [1.807, 2.05) is 13.8 Å². The van der Waals surface area contributed by atoms with Crippen molar-refractivity contribution in [2.75, 3.05) is 23.1 Å². The Balaban J connectivity index is 1.39. The SMILES string of the molecule is CC(C)c1cc(-c2ccc(NS(=O)(=O)Cc3ccc(F)cc3F)c(F)c2)nc2cnc(N[C@@H]3CNC[C@@H](F)C3)nc12. The monoisotopic (exact) mass is 588 g/mol. The van der Waals surface area contributed by atoms with E-state index in [1.54, 1.807) is 12.3 Å². The van der Waals surface area contributed by atoms with Crippen molar-refractivity contribution in [2.24, 2.45) is 0 Å². The van der Waals surface area contributed by atoms with Crippen LogP contribution in [0, 0.1) is 17.5 Å². The van der Waals surface area contributed by atoms with E-state index in [0.29, 0.717) is 53.8 Å². The second kappa shape index (κ2) is 11.6. The number of aromatic nitrogens is 3. The normalized spacial score (nSPS) is 17.6. The van der Waals surface area contributed by atoms with Crippen molar-refractivity contribution in [2.45, 2.75) is 44.2 Å². The fourth-order valence-corrected chi connectivity index (χ4v) is 5.91.